The SMILES string of the molecule is CCCNCc1ccnc(-n2cc(Br)cn2)c1F. The van der Waals surface area contributed by atoms with Gasteiger partial charge in [0, 0.05) is 24.5 Å². The molecule has 18 heavy (non-hydrogen) atoms. The van der Waals surface area contributed by atoms with E-state index >= 15 is 0 Å². The van der Waals surface area contributed by atoms with Crippen LogP contribution in [0.4, 0.5) is 4.39 Å². The average Bonchev–Trinajstić information content (AvgIpc) is 2.78. The van der Waals surface area contributed by atoms with Crippen molar-refractivity contribution in [2.45, 2.75) is 19.9 Å². The van der Waals surface area contributed by atoms with Crippen molar-refractivity contribution in [3.8, 4) is 5.82 Å². The first-order chi connectivity index (χ1) is 8.72. The predicted molar refractivity (Wildman–Crippen MR) is 71.0 cm³/mol. The maximum absolute atomic E-state index is 14.2. The highest BCUT2D eigenvalue weighted by Crippen LogP contribution is 2.16. The van der Waals surface area contributed by atoms with Gasteiger partial charge in [-0.05, 0) is 35.0 Å². The van der Waals surface area contributed by atoms with E-state index in [0.29, 0.717) is 12.1 Å². The number of pyridine rings is 1. The molecule has 1 N–H and O–H groups in total. The summed E-state index contributed by atoms with van der Waals surface area (Å²) < 4.78 is 16.4. The lowest BCUT2D eigenvalue weighted by molar-refractivity contribution is 0.567. The number of aromatic nitrogens is 3. The van der Waals surface area contributed by atoms with Crippen molar-refractivity contribution in [1.29, 1.82) is 0 Å². The van der Waals surface area contributed by atoms with Crippen molar-refractivity contribution in [2.24, 2.45) is 0 Å². The maximum Gasteiger partial charge on any atom is 0.190 e. The first-order valence-corrected chi connectivity index (χ1v) is 6.56. The topological polar surface area (TPSA) is 42.7 Å². The highest BCUT2D eigenvalue weighted by Gasteiger charge is 2.11. The smallest absolute Gasteiger partial charge is 0.190 e. The van der Waals surface area contributed by atoms with Gasteiger partial charge in [-0.2, -0.15) is 5.10 Å². The number of nitrogens with zero attached hydrogens (tertiary/aromatic N) is 3. The second-order valence-electron chi connectivity index (χ2n) is 3.89. The molecule has 96 valence electrons. The highest BCUT2D eigenvalue weighted by atomic mass is 79.9. The van der Waals surface area contributed by atoms with E-state index in [1.807, 2.05) is 0 Å². The summed E-state index contributed by atoms with van der Waals surface area (Å²) in [4.78, 5) is 4.03. The van der Waals surface area contributed by atoms with Gasteiger partial charge >= 0.3 is 0 Å². The molecule has 0 radical (unpaired) electrons. The number of nitrogens with one attached hydrogen (secondary N) is 1. The number of rotatable bonds is 5. The highest BCUT2D eigenvalue weighted by molar-refractivity contribution is 9.10. The molecule has 0 aliphatic heterocycles. The van der Waals surface area contributed by atoms with E-state index in [1.165, 1.54) is 4.68 Å². The quantitative estimate of drug-likeness (QED) is 0.863. The summed E-state index contributed by atoms with van der Waals surface area (Å²) in [5.41, 5.74) is 0.597. The molecule has 0 bridgehead atoms. The first-order valence-electron chi connectivity index (χ1n) is 5.77. The standard InChI is InChI=1S/C12H14BrFN4/c1-2-4-15-6-9-3-5-16-12(11(9)14)18-8-10(13)7-17-18/h3,5,7-8,15H,2,4,6H2,1H3. The van der Waals surface area contributed by atoms with Crippen molar-refractivity contribution in [3.05, 3.63) is 40.5 Å². The molecule has 0 spiro atoms. The summed E-state index contributed by atoms with van der Waals surface area (Å²) in [7, 11) is 0. The molecule has 0 aromatic carbocycles. The van der Waals surface area contributed by atoms with Gasteiger partial charge in [-0.15, -0.1) is 0 Å². The van der Waals surface area contributed by atoms with Crippen LogP contribution in [0.25, 0.3) is 5.82 Å². The molecule has 0 atom stereocenters. The van der Waals surface area contributed by atoms with Crippen molar-refractivity contribution >= 4 is 15.9 Å². The lowest BCUT2D eigenvalue weighted by Crippen LogP contribution is -2.16. The summed E-state index contributed by atoms with van der Waals surface area (Å²) in [6.07, 6.45) is 5.89. The Morgan fingerprint density at radius 3 is 3.00 bits per heavy atom. The Morgan fingerprint density at radius 2 is 2.33 bits per heavy atom. The third-order valence-corrected chi connectivity index (χ3v) is 2.87. The van der Waals surface area contributed by atoms with Gasteiger partial charge in [0.1, 0.15) is 0 Å². The number of hydrogen-bond donors (Lipinski definition) is 1. The Bertz CT molecular complexity index is 527. The van der Waals surface area contributed by atoms with E-state index in [-0.39, 0.29) is 11.6 Å². The molecule has 4 nitrogen and oxygen atoms in total. The van der Waals surface area contributed by atoms with Crippen LogP contribution < -0.4 is 5.32 Å². The molecule has 2 rings (SSSR count). The van der Waals surface area contributed by atoms with E-state index in [4.69, 9.17) is 0 Å². The van der Waals surface area contributed by atoms with Gasteiger partial charge in [0.2, 0.25) is 0 Å². The summed E-state index contributed by atoms with van der Waals surface area (Å²) in [6, 6.07) is 1.68. The van der Waals surface area contributed by atoms with Gasteiger partial charge in [0.25, 0.3) is 0 Å². The second-order valence-corrected chi connectivity index (χ2v) is 4.80. The van der Waals surface area contributed by atoms with Crippen LogP contribution in [0, 0.1) is 5.82 Å². The van der Waals surface area contributed by atoms with Crippen LogP contribution in [-0.4, -0.2) is 21.3 Å². The normalized spacial score (nSPS) is 10.8. The Balaban J connectivity index is 2.24. The minimum absolute atomic E-state index is 0.219. The minimum Gasteiger partial charge on any atom is -0.313 e. The number of halogens is 2. The predicted octanol–water partition coefficient (Wildman–Crippen LogP) is 2.67. The zero-order chi connectivity index (χ0) is 13.0. The summed E-state index contributed by atoms with van der Waals surface area (Å²) in [6.45, 7) is 3.44. The molecule has 0 saturated heterocycles. The lowest BCUT2D eigenvalue weighted by Gasteiger charge is -2.08. The van der Waals surface area contributed by atoms with Crippen LogP contribution in [0.15, 0.2) is 29.1 Å². The zero-order valence-corrected chi connectivity index (χ0v) is 11.6. The van der Waals surface area contributed by atoms with Gasteiger partial charge in [-0.1, -0.05) is 6.92 Å². The molecule has 0 amide bonds. The third-order valence-electron chi connectivity index (χ3n) is 2.46. The first kappa shape index (κ1) is 13.2. The molecular weight excluding hydrogens is 299 g/mol. The Kier molecular flexibility index (Phi) is 4.43. The number of hydrogen-bond acceptors (Lipinski definition) is 3. The van der Waals surface area contributed by atoms with Crippen LogP contribution in [0.2, 0.25) is 0 Å². The van der Waals surface area contributed by atoms with E-state index in [2.05, 4.69) is 38.3 Å². The largest absolute Gasteiger partial charge is 0.313 e. The minimum atomic E-state index is -0.336. The van der Waals surface area contributed by atoms with Crippen molar-refractivity contribution in [2.75, 3.05) is 6.54 Å². The lowest BCUT2D eigenvalue weighted by atomic mass is 10.2. The van der Waals surface area contributed by atoms with Gasteiger partial charge in [0.15, 0.2) is 11.6 Å². The molecule has 0 unspecified atom stereocenters. The van der Waals surface area contributed by atoms with Crippen molar-refractivity contribution in [1.82, 2.24) is 20.1 Å². The van der Waals surface area contributed by atoms with Gasteiger partial charge in [-0.25, -0.2) is 14.1 Å². The van der Waals surface area contributed by atoms with E-state index in [1.54, 1.807) is 24.7 Å². The van der Waals surface area contributed by atoms with Crippen LogP contribution in [0.1, 0.15) is 18.9 Å². The van der Waals surface area contributed by atoms with Crippen molar-refractivity contribution in [3.63, 3.8) is 0 Å². The Morgan fingerprint density at radius 1 is 1.50 bits per heavy atom. The third kappa shape index (κ3) is 2.94. The Hall–Kier alpha value is -1.27. The second kappa shape index (κ2) is 6.06. The van der Waals surface area contributed by atoms with Gasteiger partial charge < -0.3 is 5.32 Å². The fourth-order valence-electron chi connectivity index (χ4n) is 1.58. The summed E-state index contributed by atoms with van der Waals surface area (Å²) in [5.74, 6) is -0.117. The fraction of sp³-hybridized carbons (Fsp3) is 0.333. The summed E-state index contributed by atoms with van der Waals surface area (Å²) in [5, 5.41) is 7.20. The molecule has 2 aromatic rings. The van der Waals surface area contributed by atoms with Crippen LogP contribution in [0.3, 0.4) is 0 Å². The molecule has 0 aliphatic carbocycles. The van der Waals surface area contributed by atoms with Gasteiger partial charge in [0.05, 0.1) is 10.7 Å². The molecule has 2 heterocycles. The van der Waals surface area contributed by atoms with E-state index < -0.39 is 0 Å². The average molecular weight is 313 g/mol. The fourth-order valence-corrected chi connectivity index (χ4v) is 1.87. The zero-order valence-electron chi connectivity index (χ0n) is 10.0. The summed E-state index contributed by atoms with van der Waals surface area (Å²) >= 11 is 3.28. The molecule has 0 aliphatic rings. The molecule has 2 aromatic heterocycles. The molecule has 0 fully saturated rings. The molecular formula is C12H14BrFN4. The van der Waals surface area contributed by atoms with Gasteiger partial charge in [-0.3, -0.25) is 0 Å². The van der Waals surface area contributed by atoms with Crippen LogP contribution >= 0.6 is 15.9 Å². The van der Waals surface area contributed by atoms with Crippen molar-refractivity contribution < 1.29 is 4.39 Å². The van der Waals surface area contributed by atoms with Crippen LogP contribution in [-0.2, 0) is 6.54 Å². The molecule has 0 saturated carbocycles. The van der Waals surface area contributed by atoms with Crippen LogP contribution in [0.5, 0.6) is 0 Å². The monoisotopic (exact) mass is 312 g/mol. The maximum atomic E-state index is 14.2. The molecule has 6 heteroatoms. The van der Waals surface area contributed by atoms with E-state index in [9.17, 15) is 4.39 Å². The Labute approximate surface area is 113 Å². The van der Waals surface area contributed by atoms with E-state index in [0.717, 1.165) is 17.4 Å².